The molecule has 4 N–H and O–H groups in total. The van der Waals surface area contributed by atoms with Crippen LogP contribution in [0.2, 0.25) is 0 Å². The molecule has 4 rings (SSSR count). The molecular weight excluding hydrogens is 554 g/mol. The highest BCUT2D eigenvalue weighted by atomic mass is 19.4. The fourth-order valence-corrected chi connectivity index (χ4v) is 5.09. The summed E-state index contributed by atoms with van der Waals surface area (Å²) in [6.45, 7) is -0.127. The Hall–Kier alpha value is -3.77. The van der Waals surface area contributed by atoms with Gasteiger partial charge in [-0.2, -0.15) is 26.3 Å². The van der Waals surface area contributed by atoms with E-state index < -0.39 is 73.6 Å². The zero-order valence-corrected chi connectivity index (χ0v) is 21.9. The van der Waals surface area contributed by atoms with E-state index in [4.69, 9.17) is 5.73 Å². The first-order valence-electron chi connectivity index (χ1n) is 13.2. The number of carbonyl (C=O) groups excluding carboxylic acids is 3. The third kappa shape index (κ3) is 8.14. The topological polar surface area (TPSA) is 105 Å². The SMILES string of the molecule is NC(=O)C(CCC(F)(F)F)C(CCC(F)(F)F)C(=O)N[C@H]1CN(c2cccc(C3CC3)c2)c2ccccc2NC1=O. The summed E-state index contributed by atoms with van der Waals surface area (Å²) in [6, 6.07) is 13.2. The molecular formula is C28H30F6N4O3. The molecule has 3 amide bonds. The predicted octanol–water partition coefficient (Wildman–Crippen LogP) is 5.54. The minimum absolute atomic E-state index is 0.127. The van der Waals surface area contributed by atoms with Gasteiger partial charge in [-0.1, -0.05) is 24.3 Å². The van der Waals surface area contributed by atoms with Gasteiger partial charge in [0.2, 0.25) is 17.7 Å². The number of hydrogen-bond acceptors (Lipinski definition) is 4. The lowest BCUT2D eigenvalue weighted by Crippen LogP contribution is -2.52. The summed E-state index contributed by atoms with van der Waals surface area (Å²) in [4.78, 5) is 40.4. The van der Waals surface area contributed by atoms with Gasteiger partial charge in [0.15, 0.2) is 0 Å². The maximum atomic E-state index is 13.4. The van der Waals surface area contributed by atoms with Gasteiger partial charge in [-0.05, 0) is 61.4 Å². The summed E-state index contributed by atoms with van der Waals surface area (Å²) in [7, 11) is 0. The summed E-state index contributed by atoms with van der Waals surface area (Å²) >= 11 is 0. The molecule has 1 aliphatic heterocycles. The minimum Gasteiger partial charge on any atom is -0.369 e. The van der Waals surface area contributed by atoms with Gasteiger partial charge in [0.25, 0.3) is 0 Å². The fourth-order valence-electron chi connectivity index (χ4n) is 5.09. The average molecular weight is 585 g/mol. The molecule has 0 aromatic heterocycles. The van der Waals surface area contributed by atoms with Crippen molar-refractivity contribution in [2.24, 2.45) is 17.6 Å². The molecule has 2 aromatic rings. The number of alkyl halides is 6. The molecule has 2 unspecified atom stereocenters. The lowest BCUT2D eigenvalue weighted by molar-refractivity contribution is -0.152. The molecule has 41 heavy (non-hydrogen) atoms. The first kappa shape index (κ1) is 30.2. The van der Waals surface area contributed by atoms with E-state index in [0.717, 1.165) is 18.4 Å². The van der Waals surface area contributed by atoms with Gasteiger partial charge in [-0.25, -0.2) is 0 Å². The molecule has 222 valence electrons. The van der Waals surface area contributed by atoms with Crippen LogP contribution in [0.4, 0.5) is 43.4 Å². The quantitative estimate of drug-likeness (QED) is 0.319. The number of carbonyl (C=O) groups is 3. The van der Waals surface area contributed by atoms with Gasteiger partial charge in [0.1, 0.15) is 6.04 Å². The van der Waals surface area contributed by atoms with Crippen LogP contribution in [0, 0.1) is 11.8 Å². The minimum atomic E-state index is -4.74. The van der Waals surface area contributed by atoms with E-state index >= 15 is 0 Å². The number of halogens is 6. The van der Waals surface area contributed by atoms with E-state index in [1.807, 2.05) is 24.3 Å². The summed E-state index contributed by atoms with van der Waals surface area (Å²) in [5.41, 5.74) is 8.13. The maximum Gasteiger partial charge on any atom is 0.389 e. The average Bonchev–Trinajstić information content (AvgIpc) is 3.73. The molecule has 2 aromatic carbocycles. The van der Waals surface area contributed by atoms with Crippen molar-refractivity contribution >= 4 is 34.8 Å². The van der Waals surface area contributed by atoms with Crippen molar-refractivity contribution in [2.75, 3.05) is 16.8 Å². The highest BCUT2D eigenvalue weighted by Gasteiger charge is 2.41. The van der Waals surface area contributed by atoms with Crippen molar-refractivity contribution < 1.29 is 40.7 Å². The van der Waals surface area contributed by atoms with E-state index in [9.17, 15) is 40.7 Å². The Morgan fingerprint density at radius 2 is 1.59 bits per heavy atom. The van der Waals surface area contributed by atoms with Gasteiger partial charge in [-0.3, -0.25) is 14.4 Å². The molecule has 13 heteroatoms. The van der Waals surface area contributed by atoms with Crippen LogP contribution in [0.3, 0.4) is 0 Å². The second-order valence-corrected chi connectivity index (χ2v) is 10.5. The molecule has 0 radical (unpaired) electrons. The lowest BCUT2D eigenvalue weighted by Gasteiger charge is -2.30. The van der Waals surface area contributed by atoms with E-state index in [2.05, 4.69) is 10.6 Å². The predicted molar refractivity (Wildman–Crippen MR) is 139 cm³/mol. The molecule has 0 saturated heterocycles. The Morgan fingerprint density at radius 3 is 2.20 bits per heavy atom. The second-order valence-electron chi connectivity index (χ2n) is 10.5. The normalized spacial score (nSPS) is 19.0. The number of fused-ring (bicyclic) bond motifs is 1. The molecule has 1 fully saturated rings. The van der Waals surface area contributed by atoms with Gasteiger partial charge >= 0.3 is 12.4 Å². The number of rotatable bonds is 10. The first-order chi connectivity index (χ1) is 19.2. The van der Waals surface area contributed by atoms with Crippen LogP contribution < -0.4 is 21.3 Å². The van der Waals surface area contributed by atoms with Crippen molar-refractivity contribution in [3.05, 3.63) is 54.1 Å². The van der Waals surface area contributed by atoms with Gasteiger partial charge in [0.05, 0.1) is 17.9 Å². The number of primary amides is 1. The monoisotopic (exact) mass is 584 g/mol. The number of nitrogens with one attached hydrogen (secondary N) is 2. The van der Waals surface area contributed by atoms with Crippen LogP contribution in [-0.4, -0.2) is 42.7 Å². The Bertz CT molecular complexity index is 1280. The van der Waals surface area contributed by atoms with Crippen LogP contribution in [0.1, 0.15) is 50.0 Å². The maximum absolute atomic E-state index is 13.4. The zero-order valence-electron chi connectivity index (χ0n) is 21.9. The van der Waals surface area contributed by atoms with Crippen LogP contribution in [-0.2, 0) is 14.4 Å². The molecule has 3 atom stereocenters. The number of para-hydroxylation sites is 2. The van der Waals surface area contributed by atoms with E-state index in [1.165, 1.54) is 0 Å². The summed E-state index contributed by atoms with van der Waals surface area (Å²) < 4.78 is 78.0. The van der Waals surface area contributed by atoms with Crippen LogP contribution in [0.5, 0.6) is 0 Å². The van der Waals surface area contributed by atoms with E-state index in [1.54, 1.807) is 29.2 Å². The van der Waals surface area contributed by atoms with Crippen LogP contribution in [0.15, 0.2) is 48.5 Å². The molecule has 1 aliphatic carbocycles. The first-order valence-corrected chi connectivity index (χ1v) is 13.2. The number of nitrogens with two attached hydrogens (primary N) is 1. The Balaban J connectivity index is 1.62. The third-order valence-electron chi connectivity index (χ3n) is 7.35. The summed E-state index contributed by atoms with van der Waals surface area (Å²) in [5, 5.41) is 5.12. The molecule has 2 aliphatic rings. The van der Waals surface area contributed by atoms with E-state index in [0.29, 0.717) is 23.0 Å². The molecule has 1 heterocycles. The van der Waals surface area contributed by atoms with Gasteiger partial charge in [0, 0.05) is 30.4 Å². The summed E-state index contributed by atoms with van der Waals surface area (Å²) in [5.74, 6) is -6.39. The third-order valence-corrected chi connectivity index (χ3v) is 7.35. The van der Waals surface area contributed by atoms with Crippen LogP contribution >= 0.6 is 0 Å². The Morgan fingerprint density at radius 1 is 0.951 bits per heavy atom. The van der Waals surface area contributed by atoms with Crippen molar-refractivity contribution in [2.45, 2.75) is 62.8 Å². The molecule has 1 saturated carbocycles. The lowest BCUT2D eigenvalue weighted by atomic mass is 9.83. The zero-order chi connectivity index (χ0) is 29.9. The van der Waals surface area contributed by atoms with Crippen molar-refractivity contribution in [1.82, 2.24) is 5.32 Å². The van der Waals surface area contributed by atoms with Gasteiger partial charge in [-0.15, -0.1) is 0 Å². The number of amides is 3. The Kier molecular flexibility index (Phi) is 8.83. The van der Waals surface area contributed by atoms with Crippen molar-refractivity contribution in [3.8, 4) is 0 Å². The Labute approximate surface area is 232 Å². The summed E-state index contributed by atoms with van der Waals surface area (Å²) in [6.07, 6.45) is -12.3. The van der Waals surface area contributed by atoms with E-state index in [-0.39, 0.29) is 6.54 Å². The van der Waals surface area contributed by atoms with Crippen molar-refractivity contribution in [3.63, 3.8) is 0 Å². The van der Waals surface area contributed by atoms with Crippen LogP contribution in [0.25, 0.3) is 0 Å². The van der Waals surface area contributed by atoms with Gasteiger partial charge < -0.3 is 21.3 Å². The number of anilines is 3. The fraction of sp³-hybridized carbons (Fsp3) is 0.464. The smallest absolute Gasteiger partial charge is 0.369 e. The molecule has 7 nitrogen and oxygen atoms in total. The van der Waals surface area contributed by atoms with Crippen molar-refractivity contribution in [1.29, 1.82) is 0 Å². The highest BCUT2D eigenvalue weighted by molar-refractivity contribution is 6.02. The number of hydrogen-bond donors (Lipinski definition) is 3. The largest absolute Gasteiger partial charge is 0.389 e. The number of benzene rings is 2. The standard InChI is InChI=1S/C28H30F6N4O3/c29-27(30,31)12-10-19(24(35)39)20(11-13-28(32,33)34)25(40)37-22-15-38(18-5-3-4-17(14-18)16-8-9-16)23-7-2-1-6-21(23)36-26(22)41/h1-7,14,16,19-20,22H,8-13,15H2,(H2,35,39)(H,36,41)(H,37,40)/t19?,20?,22-/m0/s1. The molecule has 0 spiro atoms. The highest BCUT2D eigenvalue weighted by Crippen LogP contribution is 2.42. The molecule has 0 bridgehead atoms. The number of nitrogens with zero attached hydrogens (tertiary/aromatic N) is 1. The second kappa shape index (κ2) is 12.0.